The van der Waals surface area contributed by atoms with Gasteiger partial charge in [-0.15, -0.1) is 0 Å². The summed E-state index contributed by atoms with van der Waals surface area (Å²) in [6.07, 6.45) is -7.55. The number of pyridine rings is 1. The first-order valence-corrected chi connectivity index (χ1v) is 13.4. The summed E-state index contributed by atoms with van der Waals surface area (Å²) in [4.78, 5) is 31.5. The van der Waals surface area contributed by atoms with Gasteiger partial charge in [-0.2, -0.15) is 26.3 Å². The van der Waals surface area contributed by atoms with Crippen LogP contribution in [0.5, 0.6) is 0 Å². The van der Waals surface area contributed by atoms with Gasteiger partial charge in [0.1, 0.15) is 5.41 Å². The highest BCUT2D eigenvalue weighted by Gasteiger charge is 2.71. The molecule has 2 saturated heterocycles. The number of hydrogen-bond donors (Lipinski definition) is 1. The summed E-state index contributed by atoms with van der Waals surface area (Å²) in [5, 5.41) is 3.24. The maximum atomic E-state index is 13.5. The van der Waals surface area contributed by atoms with E-state index in [0.717, 1.165) is 12.1 Å². The highest BCUT2D eigenvalue weighted by atomic mass is 19.4. The van der Waals surface area contributed by atoms with Gasteiger partial charge in [0, 0.05) is 60.8 Å². The number of amides is 1. The van der Waals surface area contributed by atoms with Crippen LogP contribution in [0.25, 0.3) is 11.3 Å². The number of aromatic nitrogens is 1. The zero-order valence-corrected chi connectivity index (χ0v) is 22.2. The fourth-order valence-corrected chi connectivity index (χ4v) is 5.74. The Balaban J connectivity index is 1.34. The van der Waals surface area contributed by atoms with Crippen molar-refractivity contribution in [2.24, 2.45) is 16.7 Å². The first-order chi connectivity index (χ1) is 19.3. The SMILES string of the molecule is CCOC(=O)C(=CC1CNCC12CN(C(=O)C1(C(F)(F)F)CC1)C2)Cc1cccc(-c2ccc(C(F)(F)F)cc2)n1. The van der Waals surface area contributed by atoms with Gasteiger partial charge in [0.05, 0.1) is 17.9 Å². The molecule has 0 radical (unpaired) electrons. The van der Waals surface area contributed by atoms with Crippen molar-refractivity contribution in [3.8, 4) is 11.3 Å². The first-order valence-electron chi connectivity index (χ1n) is 13.4. The predicted molar refractivity (Wildman–Crippen MR) is 136 cm³/mol. The highest BCUT2D eigenvalue weighted by molar-refractivity contribution is 5.89. The number of likely N-dealkylation sites (tertiary alicyclic amines) is 1. The Labute approximate surface area is 232 Å². The molecule has 1 aromatic heterocycles. The van der Waals surface area contributed by atoms with E-state index >= 15 is 0 Å². The van der Waals surface area contributed by atoms with E-state index in [1.165, 1.54) is 17.0 Å². The molecule has 1 atom stereocenters. The van der Waals surface area contributed by atoms with Crippen LogP contribution in [0.4, 0.5) is 26.3 Å². The lowest BCUT2D eigenvalue weighted by Gasteiger charge is -2.51. The largest absolute Gasteiger partial charge is 0.463 e. The zero-order valence-electron chi connectivity index (χ0n) is 22.2. The lowest BCUT2D eigenvalue weighted by molar-refractivity contribution is -0.204. The standard InChI is InChI=1S/C29H29F6N3O3/c1-2-41-24(39)19(13-22-4-3-5-23(37-22)18-6-8-20(9-7-18)28(30,31)32)12-21-14-36-15-26(21)16-38(17-26)25(40)27(10-11-27)29(33,34)35/h3-9,12,21,36H,2,10-11,13-17H2,1H3. The van der Waals surface area contributed by atoms with Crippen molar-refractivity contribution < 1.29 is 40.7 Å². The van der Waals surface area contributed by atoms with Gasteiger partial charge in [-0.3, -0.25) is 9.78 Å². The zero-order chi connectivity index (χ0) is 29.6. The maximum Gasteiger partial charge on any atom is 0.416 e. The average Bonchev–Trinajstić information content (AvgIpc) is 3.62. The molecule has 2 aromatic rings. The van der Waals surface area contributed by atoms with Crippen LogP contribution in [-0.2, 0) is 26.9 Å². The molecule has 3 aliphatic rings. The summed E-state index contributed by atoms with van der Waals surface area (Å²) < 4.78 is 84.6. The molecule has 3 fully saturated rings. The number of ether oxygens (including phenoxy) is 1. The number of halogens is 6. The smallest absolute Gasteiger partial charge is 0.416 e. The third kappa shape index (κ3) is 5.58. The van der Waals surface area contributed by atoms with E-state index in [2.05, 4.69) is 10.3 Å². The Bertz CT molecular complexity index is 1340. The third-order valence-corrected chi connectivity index (χ3v) is 8.25. The molecule has 1 aromatic carbocycles. The predicted octanol–water partition coefficient (Wildman–Crippen LogP) is 5.19. The molecular formula is C29H29F6N3O3. The second kappa shape index (κ2) is 10.5. The Morgan fingerprint density at radius 3 is 2.34 bits per heavy atom. The Morgan fingerprint density at radius 1 is 1.07 bits per heavy atom. The van der Waals surface area contributed by atoms with Crippen molar-refractivity contribution in [3.63, 3.8) is 0 Å². The molecule has 1 spiro atoms. The monoisotopic (exact) mass is 581 g/mol. The van der Waals surface area contributed by atoms with Crippen molar-refractivity contribution in [1.29, 1.82) is 0 Å². The molecule has 12 heteroatoms. The number of carbonyl (C=O) groups is 2. The average molecular weight is 582 g/mol. The van der Waals surface area contributed by atoms with Crippen molar-refractivity contribution in [2.75, 3.05) is 32.8 Å². The quantitative estimate of drug-likeness (QED) is 0.277. The number of carbonyl (C=O) groups excluding carboxylic acids is 2. The summed E-state index contributed by atoms with van der Waals surface area (Å²) in [5.41, 5.74) is -1.80. The summed E-state index contributed by atoms with van der Waals surface area (Å²) >= 11 is 0. The van der Waals surface area contributed by atoms with Crippen molar-refractivity contribution in [2.45, 2.75) is 38.5 Å². The minimum Gasteiger partial charge on any atom is -0.463 e. The summed E-state index contributed by atoms with van der Waals surface area (Å²) in [6.45, 7) is 3.10. The number of rotatable bonds is 7. The molecule has 6 nitrogen and oxygen atoms in total. The minimum absolute atomic E-state index is 0.0831. The molecule has 0 bridgehead atoms. The van der Waals surface area contributed by atoms with Gasteiger partial charge in [-0.1, -0.05) is 24.3 Å². The number of nitrogens with zero attached hydrogens (tertiary/aromatic N) is 2. The van der Waals surface area contributed by atoms with Crippen LogP contribution in [-0.4, -0.2) is 60.7 Å². The summed E-state index contributed by atoms with van der Waals surface area (Å²) in [7, 11) is 0. The van der Waals surface area contributed by atoms with E-state index in [4.69, 9.17) is 4.74 Å². The number of hydrogen-bond acceptors (Lipinski definition) is 5. The number of nitrogens with one attached hydrogen (secondary N) is 1. The molecule has 220 valence electrons. The van der Waals surface area contributed by atoms with Crippen LogP contribution in [0, 0.1) is 16.7 Å². The third-order valence-electron chi connectivity index (χ3n) is 8.25. The molecule has 2 aliphatic heterocycles. The van der Waals surface area contributed by atoms with Crippen LogP contribution in [0.3, 0.4) is 0 Å². The van der Waals surface area contributed by atoms with Gasteiger partial charge in [0.2, 0.25) is 5.91 Å². The molecule has 41 heavy (non-hydrogen) atoms. The molecule has 3 heterocycles. The van der Waals surface area contributed by atoms with Crippen LogP contribution in [0.15, 0.2) is 54.1 Å². The van der Waals surface area contributed by atoms with E-state index in [0.29, 0.717) is 35.6 Å². The Morgan fingerprint density at radius 2 is 1.76 bits per heavy atom. The maximum absolute atomic E-state index is 13.5. The molecule has 1 unspecified atom stereocenters. The number of alkyl halides is 6. The van der Waals surface area contributed by atoms with Crippen molar-refractivity contribution in [1.82, 2.24) is 15.2 Å². The van der Waals surface area contributed by atoms with E-state index < -0.39 is 40.6 Å². The van der Waals surface area contributed by atoms with E-state index in [1.807, 2.05) is 0 Å². The highest BCUT2D eigenvalue weighted by Crippen LogP contribution is 2.60. The second-order valence-electron chi connectivity index (χ2n) is 11.0. The van der Waals surface area contributed by atoms with E-state index in [1.54, 1.807) is 31.2 Å². The molecule has 1 N–H and O–H groups in total. The lowest BCUT2D eigenvalue weighted by atomic mass is 9.70. The Kier molecular flexibility index (Phi) is 7.42. The molecule has 1 amide bonds. The second-order valence-corrected chi connectivity index (χ2v) is 11.0. The summed E-state index contributed by atoms with van der Waals surface area (Å²) in [5.74, 6) is -1.66. The van der Waals surface area contributed by atoms with Gasteiger partial charge in [-0.05, 0) is 44.0 Å². The van der Waals surface area contributed by atoms with Crippen molar-refractivity contribution >= 4 is 11.9 Å². The Hall–Kier alpha value is -3.41. The molecule has 1 aliphatic carbocycles. The van der Waals surface area contributed by atoms with Gasteiger partial charge < -0.3 is 15.0 Å². The van der Waals surface area contributed by atoms with Gasteiger partial charge in [0.25, 0.3) is 0 Å². The minimum atomic E-state index is -4.57. The topological polar surface area (TPSA) is 71.5 Å². The molecule has 5 rings (SSSR count). The van der Waals surface area contributed by atoms with Crippen LogP contribution >= 0.6 is 0 Å². The summed E-state index contributed by atoms with van der Waals surface area (Å²) in [6, 6.07) is 9.67. The van der Waals surface area contributed by atoms with Gasteiger partial charge in [-0.25, -0.2) is 4.79 Å². The van der Waals surface area contributed by atoms with Gasteiger partial charge >= 0.3 is 18.3 Å². The van der Waals surface area contributed by atoms with E-state index in [-0.39, 0.29) is 44.9 Å². The normalized spacial score (nSPS) is 21.5. The van der Waals surface area contributed by atoms with Crippen molar-refractivity contribution in [3.05, 3.63) is 65.4 Å². The molecule has 1 saturated carbocycles. The number of benzene rings is 1. The van der Waals surface area contributed by atoms with E-state index in [9.17, 15) is 35.9 Å². The lowest BCUT2D eigenvalue weighted by Crippen LogP contribution is -2.64. The molecular weight excluding hydrogens is 552 g/mol. The van der Waals surface area contributed by atoms with Crippen LogP contribution < -0.4 is 5.32 Å². The van der Waals surface area contributed by atoms with Crippen LogP contribution in [0.1, 0.15) is 31.0 Å². The fraction of sp³-hybridized carbons (Fsp3) is 0.483. The number of esters is 1. The fourth-order valence-electron chi connectivity index (χ4n) is 5.74. The van der Waals surface area contributed by atoms with Crippen LogP contribution in [0.2, 0.25) is 0 Å². The van der Waals surface area contributed by atoms with Gasteiger partial charge in [0.15, 0.2) is 0 Å². The first kappa shape index (κ1) is 29.1.